The summed E-state index contributed by atoms with van der Waals surface area (Å²) in [4.78, 5) is 10.7. The van der Waals surface area contributed by atoms with Crippen molar-refractivity contribution in [3.05, 3.63) is 206 Å². The van der Waals surface area contributed by atoms with Crippen molar-refractivity contribution in [1.82, 2.24) is 25.1 Å². The minimum atomic E-state index is -4.94. The van der Waals surface area contributed by atoms with Crippen LogP contribution in [-0.2, 0) is 23.2 Å². The van der Waals surface area contributed by atoms with Crippen LogP contribution in [0.25, 0.3) is 11.6 Å². The van der Waals surface area contributed by atoms with Gasteiger partial charge in [0, 0.05) is 12.4 Å². The molecule has 0 fully saturated rings. The van der Waals surface area contributed by atoms with Crippen molar-refractivity contribution in [3.63, 3.8) is 0 Å². The van der Waals surface area contributed by atoms with E-state index in [2.05, 4.69) is 207 Å². The van der Waals surface area contributed by atoms with Gasteiger partial charge < -0.3 is 0 Å². The number of hydrogen-bond donors (Lipinski definition) is 1. The molecule has 62 heavy (non-hydrogen) atoms. The molecule has 2 heterocycles. The van der Waals surface area contributed by atoms with Crippen LogP contribution in [0.2, 0.25) is 0 Å². The molecule has 0 radical (unpaired) electrons. The summed E-state index contributed by atoms with van der Waals surface area (Å²) < 4.78 is 70.4. The molecular weight excluding hydrogens is 951 g/mol. The molecule has 0 amide bonds. The third-order valence-corrected chi connectivity index (χ3v) is 13.4. The SMILES string of the molecule is ClCCl.FC(F)(F)c1n[nH]c(-c2ncccn2)n1.[Cu+].[O-][Cl+3]([O-])([O-])[O-].c1ccc([PH+](c2ccccc2)c2ccccc2)cc1.c1ccc([PH+](c2ccccc2)c2ccccc2)cc1. The molecule has 0 atom stereocenters. The van der Waals surface area contributed by atoms with Gasteiger partial charge in [-0.05, 0) is 78.9 Å². The third-order valence-electron chi connectivity index (χ3n) is 7.89. The van der Waals surface area contributed by atoms with Crippen molar-refractivity contribution < 1.29 is 59.1 Å². The van der Waals surface area contributed by atoms with E-state index in [1.165, 1.54) is 44.2 Å². The Morgan fingerprint density at radius 2 is 0.726 bits per heavy atom. The number of nitrogens with zero attached hydrogens (tertiary/aromatic N) is 4. The topological polar surface area (TPSA) is 160 Å². The van der Waals surface area contributed by atoms with Crippen LogP contribution in [0.1, 0.15) is 5.82 Å². The van der Waals surface area contributed by atoms with Gasteiger partial charge in [0.1, 0.15) is 31.8 Å². The number of aromatic amines is 1. The van der Waals surface area contributed by atoms with E-state index < -0.39 is 38.1 Å². The quantitative estimate of drug-likeness (QED) is 0.141. The zero-order chi connectivity index (χ0) is 43.9. The molecule has 0 bridgehead atoms. The number of halogens is 6. The van der Waals surface area contributed by atoms with Gasteiger partial charge in [0.25, 0.3) is 5.82 Å². The van der Waals surface area contributed by atoms with E-state index in [4.69, 9.17) is 41.8 Å². The molecule has 8 rings (SSSR count). The smallest absolute Gasteiger partial charge is 0.256 e. The largest absolute Gasteiger partial charge is 1.00 e. The summed E-state index contributed by atoms with van der Waals surface area (Å²) in [6.07, 6.45) is -1.76. The maximum atomic E-state index is 12.1. The van der Waals surface area contributed by atoms with Crippen molar-refractivity contribution in [3.8, 4) is 11.6 Å². The fraction of sp³-hybridized carbons (Fsp3) is 0.0455. The van der Waals surface area contributed by atoms with Crippen molar-refractivity contribution in [2.45, 2.75) is 6.18 Å². The van der Waals surface area contributed by atoms with Gasteiger partial charge in [0.2, 0.25) is 0 Å². The monoisotopic (exact) mass is 987 g/mol. The first kappa shape index (κ1) is 51.8. The molecule has 2 aromatic heterocycles. The van der Waals surface area contributed by atoms with Gasteiger partial charge in [-0.3, -0.25) is 5.10 Å². The second-order valence-electron chi connectivity index (χ2n) is 12.0. The second kappa shape index (κ2) is 27.5. The first-order valence-electron chi connectivity index (χ1n) is 18.0. The van der Waals surface area contributed by atoms with Crippen LogP contribution < -0.4 is 50.5 Å². The van der Waals surface area contributed by atoms with Gasteiger partial charge >= 0.3 is 23.2 Å². The van der Waals surface area contributed by atoms with Gasteiger partial charge in [0.15, 0.2) is 11.6 Å². The number of H-pyrrole nitrogens is 1. The summed E-state index contributed by atoms with van der Waals surface area (Å²) in [6, 6.07) is 66.5. The molecule has 6 aromatic carbocycles. The standard InChI is InChI=1S/2C18H15P.C7H4F3N5.CH2Cl2.ClHO4.Cu/c2*1-4-10-16(11-5-1)19(17-12-6-2-7-13-17)18-14-8-3-9-15-18;8-7(9,10)6-13-5(14-15-6)4-11-2-1-3-12-4;2-1-3;2-1(3,4)5;/h2*1-15H;1-3H,(H,13,14,15);1H2;(H,2,3,4,5);/q;;;;;+1/p+1. The first-order valence-corrected chi connectivity index (χ1v) is 23.3. The molecular formula is C44H38Cl3CuF3N5O4P2+2. The molecule has 18 heteroatoms. The normalized spacial score (nSPS) is 10.6. The van der Waals surface area contributed by atoms with Crippen LogP contribution in [0.5, 0.6) is 0 Å². The van der Waals surface area contributed by atoms with Crippen LogP contribution in [0.4, 0.5) is 13.2 Å². The summed E-state index contributed by atoms with van der Waals surface area (Å²) in [7, 11) is -6.70. The Labute approximate surface area is 382 Å². The van der Waals surface area contributed by atoms with Crippen molar-refractivity contribution in [2.24, 2.45) is 0 Å². The molecule has 0 aliphatic heterocycles. The molecule has 8 aromatic rings. The molecule has 0 saturated carbocycles. The van der Waals surface area contributed by atoms with Crippen LogP contribution in [0.3, 0.4) is 0 Å². The average molecular weight is 990 g/mol. The van der Waals surface area contributed by atoms with Gasteiger partial charge in [-0.1, -0.05) is 109 Å². The Bertz CT molecular complexity index is 2060. The van der Waals surface area contributed by atoms with Crippen LogP contribution in [-0.4, -0.2) is 30.5 Å². The number of rotatable bonds is 7. The van der Waals surface area contributed by atoms with Gasteiger partial charge in [-0.15, -0.1) is 38.5 Å². The number of nitrogens with one attached hydrogen (secondary N) is 1. The summed E-state index contributed by atoms with van der Waals surface area (Å²) in [5.74, 6) is -1.27. The van der Waals surface area contributed by atoms with Gasteiger partial charge in [0.05, 0.1) is 21.2 Å². The molecule has 0 aliphatic carbocycles. The molecule has 1 N–H and O–H groups in total. The molecule has 0 unspecified atom stereocenters. The number of alkyl halides is 5. The Hall–Kier alpha value is -4.58. The van der Waals surface area contributed by atoms with E-state index in [1.807, 2.05) is 0 Å². The number of aromatic nitrogens is 5. The van der Waals surface area contributed by atoms with E-state index in [0.29, 0.717) is 0 Å². The van der Waals surface area contributed by atoms with E-state index in [9.17, 15) is 13.2 Å². The van der Waals surface area contributed by atoms with E-state index in [-0.39, 0.29) is 34.1 Å². The van der Waals surface area contributed by atoms with E-state index >= 15 is 0 Å². The summed E-state index contributed by atoms with van der Waals surface area (Å²) in [6.45, 7) is 0. The Morgan fingerprint density at radius 3 is 0.935 bits per heavy atom. The summed E-state index contributed by atoms with van der Waals surface area (Å²) in [5.41, 5.74) is 0. The third kappa shape index (κ3) is 18.4. The predicted octanol–water partition coefficient (Wildman–Crippen LogP) is 4.30. The van der Waals surface area contributed by atoms with Crippen LogP contribution in [0.15, 0.2) is 200 Å². The zero-order valence-electron chi connectivity index (χ0n) is 32.3. The molecule has 0 spiro atoms. The molecule has 0 saturated heterocycles. The van der Waals surface area contributed by atoms with Crippen molar-refractivity contribution >= 4 is 70.9 Å². The maximum absolute atomic E-state index is 12.1. The van der Waals surface area contributed by atoms with Crippen LogP contribution >= 0.6 is 39.0 Å². The Kier molecular flexibility index (Phi) is 22.9. The Balaban J connectivity index is 0.000000227. The van der Waals surface area contributed by atoms with Gasteiger partial charge in [-0.25, -0.2) is 28.6 Å². The minimum Gasteiger partial charge on any atom is -0.256 e. The molecule has 324 valence electrons. The number of hydrogen-bond acceptors (Lipinski definition) is 8. The second-order valence-corrected chi connectivity index (χ2v) is 18.5. The van der Waals surface area contributed by atoms with Gasteiger partial charge in [-0.2, -0.15) is 18.2 Å². The van der Waals surface area contributed by atoms with Crippen molar-refractivity contribution in [2.75, 3.05) is 5.34 Å². The average Bonchev–Trinajstić information content (AvgIpc) is 3.79. The van der Waals surface area contributed by atoms with Crippen molar-refractivity contribution in [1.29, 1.82) is 0 Å². The molecule has 0 aliphatic rings. The zero-order valence-corrected chi connectivity index (χ0v) is 37.5. The predicted molar refractivity (Wildman–Crippen MR) is 232 cm³/mol. The summed E-state index contributed by atoms with van der Waals surface area (Å²) in [5, 5.41) is 14.0. The van der Waals surface area contributed by atoms with Crippen LogP contribution in [0, 0.1) is 10.2 Å². The fourth-order valence-corrected chi connectivity index (χ4v) is 10.7. The van der Waals surface area contributed by atoms with E-state index in [0.717, 1.165) is 0 Å². The minimum absolute atomic E-state index is 0. The molecule has 9 nitrogen and oxygen atoms in total. The maximum Gasteiger partial charge on any atom is 1.00 e. The van der Waals surface area contributed by atoms with E-state index in [1.54, 1.807) is 6.07 Å². The number of benzene rings is 6. The Morgan fingerprint density at radius 1 is 0.484 bits per heavy atom. The first-order chi connectivity index (χ1) is 29.4. The fourth-order valence-electron chi connectivity index (χ4n) is 5.54. The summed E-state index contributed by atoms with van der Waals surface area (Å²) >= 11 is 9.53.